The molecule has 3 heterocycles. The highest BCUT2D eigenvalue weighted by molar-refractivity contribution is 7.98. The molecule has 10 nitrogen and oxygen atoms in total. The summed E-state index contributed by atoms with van der Waals surface area (Å²) in [5.41, 5.74) is 2.62. The van der Waals surface area contributed by atoms with Gasteiger partial charge in [0.05, 0.1) is 19.3 Å². The van der Waals surface area contributed by atoms with Gasteiger partial charge in [0.25, 0.3) is 5.91 Å². The van der Waals surface area contributed by atoms with Gasteiger partial charge in [0.15, 0.2) is 11.5 Å². The highest BCUT2D eigenvalue weighted by Crippen LogP contribution is 2.25. The minimum Gasteiger partial charge on any atom is -0.496 e. The number of hydrogen-bond acceptors (Lipinski definition) is 8. The summed E-state index contributed by atoms with van der Waals surface area (Å²) in [7, 11) is 1.53. The molecule has 0 aliphatic carbocycles. The normalized spacial score (nSPS) is 13.2. The molecule has 4 rings (SSSR count). The van der Waals surface area contributed by atoms with Gasteiger partial charge < -0.3 is 10.1 Å². The number of amides is 1. The van der Waals surface area contributed by atoms with E-state index in [1.165, 1.54) is 7.11 Å². The van der Waals surface area contributed by atoms with Crippen LogP contribution in [0.1, 0.15) is 21.7 Å². The standard InChI is InChI=1S/C16H16N6O4S/c1-25-12-6-9(14-18-16(24)26-20-14)2-3-10(12)7-17-15(23)13-11-8-27-5-4-22(11)21-19-13/h2-3,6H,4-5,7-8H2,1H3,(H,17,23)(H,18,20,24). The van der Waals surface area contributed by atoms with Crippen molar-refractivity contribution in [3.63, 3.8) is 0 Å². The maximum atomic E-state index is 12.5. The first-order valence-corrected chi connectivity index (χ1v) is 9.33. The van der Waals surface area contributed by atoms with Crippen molar-refractivity contribution in [1.82, 2.24) is 30.5 Å². The van der Waals surface area contributed by atoms with Gasteiger partial charge in [-0.2, -0.15) is 11.8 Å². The molecular formula is C16H16N6O4S. The number of methoxy groups -OCH3 is 1. The molecule has 0 saturated carbocycles. The van der Waals surface area contributed by atoms with E-state index in [1.54, 1.807) is 34.6 Å². The van der Waals surface area contributed by atoms with E-state index in [0.29, 0.717) is 22.8 Å². The van der Waals surface area contributed by atoms with Crippen LogP contribution in [-0.4, -0.2) is 43.9 Å². The lowest BCUT2D eigenvalue weighted by atomic mass is 10.1. The maximum Gasteiger partial charge on any atom is 0.439 e. The Labute approximate surface area is 157 Å². The van der Waals surface area contributed by atoms with Crippen LogP contribution in [0.15, 0.2) is 27.5 Å². The van der Waals surface area contributed by atoms with E-state index in [-0.39, 0.29) is 12.5 Å². The Morgan fingerprint density at radius 2 is 2.37 bits per heavy atom. The summed E-state index contributed by atoms with van der Waals surface area (Å²) < 4.78 is 11.7. The zero-order valence-corrected chi connectivity index (χ0v) is 15.2. The fraction of sp³-hybridized carbons (Fsp3) is 0.312. The van der Waals surface area contributed by atoms with E-state index in [9.17, 15) is 9.59 Å². The molecule has 27 heavy (non-hydrogen) atoms. The summed E-state index contributed by atoms with van der Waals surface area (Å²) in [6, 6.07) is 5.26. The van der Waals surface area contributed by atoms with Crippen molar-refractivity contribution >= 4 is 17.7 Å². The molecule has 2 aromatic heterocycles. The molecule has 140 valence electrons. The number of aromatic nitrogens is 5. The molecule has 0 spiro atoms. The molecule has 0 fully saturated rings. The second-order valence-electron chi connectivity index (χ2n) is 5.81. The van der Waals surface area contributed by atoms with Gasteiger partial charge in [-0.15, -0.1) is 5.10 Å². The summed E-state index contributed by atoms with van der Waals surface area (Å²) in [5, 5.41) is 14.6. The van der Waals surface area contributed by atoms with Crippen molar-refractivity contribution in [2.45, 2.75) is 18.8 Å². The SMILES string of the molecule is COc1cc(-c2noc(=O)[nH]2)ccc1CNC(=O)c1nnn2c1CSCC2. The van der Waals surface area contributed by atoms with E-state index >= 15 is 0 Å². The number of hydrogen-bond donors (Lipinski definition) is 2. The molecule has 0 atom stereocenters. The van der Waals surface area contributed by atoms with Crippen LogP contribution in [0, 0.1) is 0 Å². The van der Waals surface area contributed by atoms with Crippen molar-refractivity contribution in [2.24, 2.45) is 0 Å². The Hall–Kier alpha value is -3.08. The summed E-state index contributed by atoms with van der Waals surface area (Å²) >= 11 is 1.76. The number of carbonyl (C=O) groups is 1. The Kier molecular flexibility index (Phi) is 4.67. The van der Waals surface area contributed by atoms with Crippen LogP contribution < -0.4 is 15.8 Å². The van der Waals surface area contributed by atoms with Gasteiger partial charge in [-0.25, -0.2) is 9.48 Å². The van der Waals surface area contributed by atoms with Crippen LogP contribution in [0.2, 0.25) is 0 Å². The smallest absolute Gasteiger partial charge is 0.439 e. The minimum absolute atomic E-state index is 0.261. The number of aromatic amines is 1. The molecule has 1 aliphatic heterocycles. The molecule has 3 aromatic rings. The van der Waals surface area contributed by atoms with E-state index < -0.39 is 5.76 Å². The summed E-state index contributed by atoms with van der Waals surface area (Å²) in [6.45, 7) is 1.02. The average Bonchev–Trinajstić information content (AvgIpc) is 3.32. The third-order valence-corrected chi connectivity index (χ3v) is 5.13. The Balaban J connectivity index is 1.50. The van der Waals surface area contributed by atoms with Gasteiger partial charge in [0.2, 0.25) is 0 Å². The lowest BCUT2D eigenvalue weighted by Crippen LogP contribution is -2.25. The molecule has 0 bridgehead atoms. The van der Waals surface area contributed by atoms with Gasteiger partial charge in [0, 0.05) is 29.2 Å². The fourth-order valence-electron chi connectivity index (χ4n) is 2.80. The zero-order valence-electron chi connectivity index (χ0n) is 14.4. The van der Waals surface area contributed by atoms with Crippen LogP contribution in [0.3, 0.4) is 0 Å². The predicted molar refractivity (Wildman–Crippen MR) is 96.5 cm³/mol. The Bertz CT molecular complexity index is 1040. The lowest BCUT2D eigenvalue weighted by Gasteiger charge is -2.13. The molecule has 1 aliphatic rings. The first-order valence-electron chi connectivity index (χ1n) is 8.17. The Morgan fingerprint density at radius 1 is 1.48 bits per heavy atom. The van der Waals surface area contributed by atoms with Crippen molar-refractivity contribution in [3.05, 3.63) is 45.7 Å². The topological polar surface area (TPSA) is 128 Å². The van der Waals surface area contributed by atoms with Gasteiger partial charge in [-0.1, -0.05) is 22.5 Å². The molecule has 2 N–H and O–H groups in total. The largest absolute Gasteiger partial charge is 0.496 e. The average molecular weight is 388 g/mol. The van der Waals surface area contributed by atoms with Crippen molar-refractivity contribution in [3.8, 4) is 17.1 Å². The van der Waals surface area contributed by atoms with Crippen LogP contribution in [0.4, 0.5) is 0 Å². The molecule has 11 heteroatoms. The van der Waals surface area contributed by atoms with Crippen LogP contribution in [0.5, 0.6) is 5.75 Å². The Morgan fingerprint density at radius 3 is 3.15 bits per heavy atom. The number of thioether (sulfide) groups is 1. The number of carbonyl (C=O) groups excluding carboxylic acids is 1. The first-order chi connectivity index (χ1) is 13.2. The third kappa shape index (κ3) is 3.45. The number of H-pyrrole nitrogens is 1. The van der Waals surface area contributed by atoms with Crippen molar-refractivity contribution in [2.75, 3.05) is 12.9 Å². The highest BCUT2D eigenvalue weighted by Gasteiger charge is 2.22. The van der Waals surface area contributed by atoms with Crippen molar-refractivity contribution < 1.29 is 14.1 Å². The highest BCUT2D eigenvalue weighted by atomic mass is 32.2. The predicted octanol–water partition coefficient (Wildman–Crippen LogP) is 0.807. The first kappa shape index (κ1) is 17.3. The number of ether oxygens (including phenoxy) is 1. The summed E-state index contributed by atoms with van der Waals surface area (Å²) in [4.78, 5) is 26.1. The van der Waals surface area contributed by atoms with Crippen LogP contribution in [-0.2, 0) is 18.8 Å². The van der Waals surface area contributed by atoms with Crippen molar-refractivity contribution in [1.29, 1.82) is 0 Å². The number of fused-ring (bicyclic) bond motifs is 1. The summed E-state index contributed by atoms with van der Waals surface area (Å²) in [5.74, 6) is 1.65. The fourth-order valence-corrected chi connectivity index (χ4v) is 3.73. The molecule has 1 amide bonds. The van der Waals surface area contributed by atoms with Gasteiger partial charge >= 0.3 is 5.76 Å². The zero-order chi connectivity index (χ0) is 18.8. The van der Waals surface area contributed by atoms with Crippen LogP contribution in [0.25, 0.3) is 11.4 Å². The maximum absolute atomic E-state index is 12.5. The second kappa shape index (κ2) is 7.27. The van der Waals surface area contributed by atoms with E-state index in [2.05, 4.69) is 30.3 Å². The molecule has 0 radical (unpaired) electrons. The minimum atomic E-state index is -0.629. The quantitative estimate of drug-likeness (QED) is 0.657. The van der Waals surface area contributed by atoms with E-state index in [1.807, 2.05) is 0 Å². The van der Waals surface area contributed by atoms with Gasteiger partial charge in [0.1, 0.15) is 5.75 Å². The monoisotopic (exact) mass is 388 g/mol. The van der Waals surface area contributed by atoms with Crippen LogP contribution >= 0.6 is 11.8 Å². The number of aryl methyl sites for hydroxylation is 1. The number of rotatable bonds is 5. The number of nitrogens with one attached hydrogen (secondary N) is 2. The number of nitrogens with zero attached hydrogens (tertiary/aromatic N) is 4. The second-order valence-corrected chi connectivity index (χ2v) is 6.92. The number of benzene rings is 1. The van der Waals surface area contributed by atoms with E-state index in [4.69, 9.17) is 4.74 Å². The molecular weight excluding hydrogens is 372 g/mol. The van der Waals surface area contributed by atoms with Gasteiger partial charge in [-0.3, -0.25) is 14.3 Å². The molecule has 1 aromatic carbocycles. The molecule has 0 unspecified atom stereocenters. The summed E-state index contributed by atoms with van der Waals surface area (Å²) in [6.07, 6.45) is 0. The lowest BCUT2D eigenvalue weighted by molar-refractivity contribution is 0.0945. The molecule has 0 saturated heterocycles. The van der Waals surface area contributed by atoms with E-state index in [0.717, 1.165) is 29.3 Å². The third-order valence-electron chi connectivity index (χ3n) is 4.18. The van der Waals surface area contributed by atoms with Gasteiger partial charge in [-0.05, 0) is 6.07 Å².